The number of hydrogen-bond donors (Lipinski definition) is 0. The van der Waals surface area contributed by atoms with Crippen LogP contribution in [-0.2, 0) is 19.1 Å². The summed E-state index contributed by atoms with van der Waals surface area (Å²) in [6, 6.07) is 0. The van der Waals surface area contributed by atoms with E-state index in [-0.39, 0.29) is 18.3 Å². The lowest BCUT2D eigenvalue weighted by atomic mass is 10.2. The first-order chi connectivity index (χ1) is 7.65. The molecule has 16 heavy (non-hydrogen) atoms. The van der Waals surface area contributed by atoms with E-state index in [2.05, 4.69) is 0 Å². The first kappa shape index (κ1) is 13.1. The molecule has 1 unspecified atom stereocenters. The summed E-state index contributed by atoms with van der Waals surface area (Å²) < 4.78 is 9.91. The highest BCUT2D eigenvalue weighted by atomic mass is 16.5. The highest BCUT2D eigenvalue weighted by molar-refractivity contribution is 5.96. The molecule has 1 atom stereocenters. The third-order valence-electron chi connectivity index (χ3n) is 2.61. The summed E-state index contributed by atoms with van der Waals surface area (Å²) in [7, 11) is 1.68. The van der Waals surface area contributed by atoms with Crippen LogP contribution in [0.4, 0.5) is 0 Å². The van der Waals surface area contributed by atoms with Crippen LogP contribution in [0.5, 0.6) is 0 Å². The van der Waals surface area contributed by atoms with Crippen LogP contribution in [0, 0.1) is 0 Å². The Morgan fingerprint density at radius 2 is 2.19 bits per heavy atom. The van der Waals surface area contributed by atoms with Gasteiger partial charge in [-0.3, -0.25) is 14.5 Å². The summed E-state index contributed by atoms with van der Waals surface area (Å²) in [5.74, 6) is -0.523. The summed E-state index contributed by atoms with van der Waals surface area (Å²) in [5.41, 5.74) is 0. The second kappa shape index (κ2) is 6.60. The molecular formula is C11H19NO4. The van der Waals surface area contributed by atoms with Crippen LogP contribution in [0.15, 0.2) is 0 Å². The first-order valence-electron chi connectivity index (χ1n) is 5.58. The van der Waals surface area contributed by atoms with E-state index in [1.807, 2.05) is 4.90 Å². The van der Waals surface area contributed by atoms with Crippen molar-refractivity contribution in [1.29, 1.82) is 0 Å². The molecule has 0 saturated carbocycles. The Bertz CT molecular complexity index is 254. The van der Waals surface area contributed by atoms with E-state index in [4.69, 9.17) is 9.47 Å². The number of likely N-dealkylation sites (tertiary alicyclic amines) is 1. The van der Waals surface area contributed by atoms with Gasteiger partial charge in [-0.2, -0.15) is 0 Å². The van der Waals surface area contributed by atoms with Crippen molar-refractivity contribution in [2.75, 3.05) is 33.4 Å². The van der Waals surface area contributed by atoms with Crippen LogP contribution in [0.3, 0.4) is 0 Å². The molecule has 92 valence electrons. The lowest BCUT2D eigenvalue weighted by Crippen LogP contribution is -2.30. The minimum absolute atomic E-state index is 0.0878. The molecule has 0 bridgehead atoms. The van der Waals surface area contributed by atoms with Crippen LogP contribution >= 0.6 is 0 Å². The molecule has 1 rings (SSSR count). The normalized spacial score (nSPS) is 21.0. The maximum Gasteiger partial charge on any atom is 0.313 e. The Labute approximate surface area is 95.7 Å². The zero-order chi connectivity index (χ0) is 12.0. The van der Waals surface area contributed by atoms with E-state index >= 15 is 0 Å². The summed E-state index contributed by atoms with van der Waals surface area (Å²) >= 11 is 0. The fraction of sp³-hybridized carbons (Fsp3) is 0.818. The SMILES string of the molecule is CCOC(=O)CC(=O)CN1CCC(OC)C1. The van der Waals surface area contributed by atoms with Gasteiger partial charge in [-0.1, -0.05) is 0 Å². The Balaban J connectivity index is 2.22. The van der Waals surface area contributed by atoms with Crippen molar-refractivity contribution in [2.45, 2.75) is 25.9 Å². The van der Waals surface area contributed by atoms with Gasteiger partial charge in [0.15, 0.2) is 5.78 Å². The average molecular weight is 229 g/mol. The molecule has 0 amide bonds. The highest BCUT2D eigenvalue weighted by Crippen LogP contribution is 2.11. The van der Waals surface area contributed by atoms with Gasteiger partial charge in [-0.25, -0.2) is 0 Å². The lowest BCUT2D eigenvalue weighted by Gasteiger charge is -2.13. The van der Waals surface area contributed by atoms with Crippen molar-refractivity contribution >= 4 is 11.8 Å². The van der Waals surface area contributed by atoms with Crippen molar-refractivity contribution < 1.29 is 19.1 Å². The van der Waals surface area contributed by atoms with Crippen molar-refractivity contribution in [3.05, 3.63) is 0 Å². The third kappa shape index (κ3) is 4.28. The maximum atomic E-state index is 11.5. The van der Waals surface area contributed by atoms with Crippen molar-refractivity contribution in [3.63, 3.8) is 0 Å². The van der Waals surface area contributed by atoms with E-state index in [1.54, 1.807) is 14.0 Å². The standard InChI is InChI=1S/C11H19NO4/c1-3-16-11(14)6-9(13)7-12-5-4-10(8-12)15-2/h10H,3-8H2,1-2H3. The zero-order valence-electron chi connectivity index (χ0n) is 9.90. The molecule has 0 spiro atoms. The Morgan fingerprint density at radius 3 is 2.75 bits per heavy atom. The Morgan fingerprint density at radius 1 is 1.44 bits per heavy atom. The fourth-order valence-corrected chi connectivity index (χ4v) is 1.81. The van der Waals surface area contributed by atoms with Gasteiger partial charge in [0.1, 0.15) is 6.42 Å². The summed E-state index contributed by atoms with van der Waals surface area (Å²) in [6.07, 6.45) is 1.04. The Hall–Kier alpha value is -0.940. The number of methoxy groups -OCH3 is 1. The third-order valence-corrected chi connectivity index (χ3v) is 2.61. The molecular weight excluding hydrogens is 210 g/mol. The number of ketones is 1. The molecule has 1 fully saturated rings. The molecule has 5 nitrogen and oxygen atoms in total. The molecule has 1 heterocycles. The van der Waals surface area contributed by atoms with Gasteiger partial charge in [0.25, 0.3) is 0 Å². The van der Waals surface area contributed by atoms with Gasteiger partial charge in [0, 0.05) is 20.2 Å². The van der Waals surface area contributed by atoms with Crippen molar-refractivity contribution in [2.24, 2.45) is 0 Å². The van der Waals surface area contributed by atoms with Gasteiger partial charge >= 0.3 is 5.97 Å². The topological polar surface area (TPSA) is 55.8 Å². The molecule has 0 radical (unpaired) electrons. The van der Waals surface area contributed by atoms with E-state index in [1.165, 1.54) is 0 Å². The first-order valence-corrected chi connectivity index (χ1v) is 5.58. The van der Waals surface area contributed by atoms with Gasteiger partial charge in [-0.05, 0) is 13.3 Å². The molecule has 0 aromatic carbocycles. The minimum atomic E-state index is -0.435. The fourth-order valence-electron chi connectivity index (χ4n) is 1.81. The summed E-state index contributed by atoms with van der Waals surface area (Å²) in [6.45, 7) is 3.99. The molecule has 0 aromatic heterocycles. The van der Waals surface area contributed by atoms with Gasteiger partial charge in [0.2, 0.25) is 0 Å². The maximum absolute atomic E-state index is 11.5. The van der Waals surface area contributed by atoms with Crippen LogP contribution < -0.4 is 0 Å². The van der Waals surface area contributed by atoms with E-state index in [9.17, 15) is 9.59 Å². The molecule has 0 aliphatic carbocycles. The van der Waals surface area contributed by atoms with Gasteiger partial charge in [0.05, 0.1) is 19.3 Å². The molecule has 1 aliphatic heterocycles. The van der Waals surface area contributed by atoms with Crippen molar-refractivity contribution in [3.8, 4) is 0 Å². The number of carbonyl (C=O) groups is 2. The van der Waals surface area contributed by atoms with Gasteiger partial charge < -0.3 is 9.47 Å². The summed E-state index contributed by atoms with van der Waals surface area (Å²) in [4.78, 5) is 24.6. The van der Waals surface area contributed by atoms with E-state index in [0.717, 1.165) is 19.5 Å². The smallest absolute Gasteiger partial charge is 0.313 e. The monoisotopic (exact) mass is 229 g/mol. The van der Waals surface area contributed by atoms with E-state index < -0.39 is 5.97 Å². The lowest BCUT2D eigenvalue weighted by molar-refractivity contribution is -0.145. The molecule has 1 saturated heterocycles. The van der Waals surface area contributed by atoms with Crippen LogP contribution in [0.1, 0.15) is 19.8 Å². The number of carbonyl (C=O) groups excluding carboxylic acids is 2. The van der Waals surface area contributed by atoms with Crippen LogP contribution in [0.2, 0.25) is 0 Å². The zero-order valence-corrected chi connectivity index (χ0v) is 9.90. The van der Waals surface area contributed by atoms with Crippen LogP contribution in [-0.4, -0.2) is 56.1 Å². The number of esters is 1. The second-order valence-electron chi connectivity index (χ2n) is 3.90. The highest BCUT2D eigenvalue weighted by Gasteiger charge is 2.24. The number of hydrogen-bond acceptors (Lipinski definition) is 5. The number of nitrogens with zero attached hydrogens (tertiary/aromatic N) is 1. The van der Waals surface area contributed by atoms with Crippen LogP contribution in [0.25, 0.3) is 0 Å². The largest absolute Gasteiger partial charge is 0.466 e. The Kier molecular flexibility index (Phi) is 5.42. The molecule has 0 aromatic rings. The van der Waals surface area contributed by atoms with E-state index in [0.29, 0.717) is 13.2 Å². The predicted octanol–water partition coefficient (Wildman–Crippen LogP) is 0.229. The second-order valence-corrected chi connectivity index (χ2v) is 3.90. The van der Waals surface area contributed by atoms with Crippen molar-refractivity contribution in [1.82, 2.24) is 4.90 Å². The summed E-state index contributed by atoms with van der Waals surface area (Å²) in [5, 5.41) is 0. The number of ether oxygens (including phenoxy) is 2. The minimum Gasteiger partial charge on any atom is -0.466 e. The van der Waals surface area contributed by atoms with Gasteiger partial charge in [-0.15, -0.1) is 0 Å². The molecule has 5 heteroatoms. The average Bonchev–Trinajstić information content (AvgIpc) is 2.65. The quantitative estimate of drug-likeness (QED) is 0.482. The molecule has 0 N–H and O–H groups in total. The molecule has 1 aliphatic rings. The number of Topliss-reactive ketones (excluding diaryl/α,β-unsaturated/α-hetero) is 1. The predicted molar refractivity (Wildman–Crippen MR) is 58.1 cm³/mol. The number of rotatable bonds is 6.